The fraction of sp³-hybridized carbons (Fsp3) is 0.174. The van der Waals surface area contributed by atoms with E-state index >= 15 is 0 Å². The van der Waals surface area contributed by atoms with E-state index in [0.717, 1.165) is 39.8 Å². The number of ether oxygens (including phenoxy) is 2. The lowest BCUT2D eigenvalue weighted by Gasteiger charge is -2.41. The summed E-state index contributed by atoms with van der Waals surface area (Å²) in [5, 5.41) is 8.81. The molecule has 152 valence electrons. The van der Waals surface area contributed by atoms with Crippen molar-refractivity contribution in [2.24, 2.45) is 10.1 Å². The zero-order valence-corrected chi connectivity index (χ0v) is 16.5. The number of hydrogen-bond acceptors (Lipinski definition) is 8. The number of nitrogens with zero attached hydrogens (tertiary/aromatic N) is 5. The van der Waals surface area contributed by atoms with E-state index in [1.54, 1.807) is 6.20 Å². The molecule has 2 aromatic carbocycles. The largest absolute Gasteiger partial charge is 0.454 e. The number of nitrogens with one attached hydrogen (secondary N) is 1. The highest BCUT2D eigenvalue weighted by Gasteiger charge is 2.49. The van der Waals surface area contributed by atoms with E-state index < -0.39 is 5.41 Å². The number of benzene rings is 2. The molecule has 1 spiro atoms. The molecule has 4 aliphatic rings. The number of hydrazone groups is 1. The normalized spacial score (nSPS) is 22.2. The first-order chi connectivity index (χ1) is 15.3. The first-order valence-corrected chi connectivity index (χ1v) is 10.2. The zero-order valence-electron chi connectivity index (χ0n) is 16.5. The Morgan fingerprint density at radius 1 is 1.03 bits per heavy atom. The SMILES string of the molecule is C1=Nc2ccccc2C12CC1=NNN(Cc3cccnc3)N1c1cc3c(cc12)OCO3. The highest BCUT2D eigenvalue weighted by molar-refractivity contribution is 6.08. The Kier molecular flexibility index (Phi) is 3.29. The number of aromatic nitrogens is 1. The number of para-hydroxylation sites is 1. The fourth-order valence-electron chi connectivity index (χ4n) is 4.88. The molecule has 0 saturated heterocycles. The van der Waals surface area contributed by atoms with Gasteiger partial charge in [0.2, 0.25) is 6.79 Å². The molecule has 0 radical (unpaired) electrons. The van der Waals surface area contributed by atoms with Crippen LogP contribution in [0.3, 0.4) is 0 Å². The lowest BCUT2D eigenvalue weighted by atomic mass is 9.70. The van der Waals surface area contributed by atoms with Gasteiger partial charge in [0.05, 0.1) is 23.3 Å². The van der Waals surface area contributed by atoms with Crippen molar-refractivity contribution in [1.29, 1.82) is 0 Å². The molecule has 5 heterocycles. The minimum atomic E-state index is -0.395. The molecule has 0 fully saturated rings. The summed E-state index contributed by atoms with van der Waals surface area (Å²) < 4.78 is 11.5. The molecule has 8 nitrogen and oxygen atoms in total. The third-order valence-electron chi connectivity index (χ3n) is 6.28. The number of amidine groups is 1. The van der Waals surface area contributed by atoms with Crippen molar-refractivity contribution in [3.8, 4) is 11.5 Å². The maximum Gasteiger partial charge on any atom is 0.231 e. The summed E-state index contributed by atoms with van der Waals surface area (Å²) in [7, 11) is 0. The Labute approximate surface area is 178 Å². The molecular formula is C23H18N6O2. The van der Waals surface area contributed by atoms with E-state index in [1.807, 2.05) is 29.5 Å². The Bertz CT molecular complexity index is 1270. The van der Waals surface area contributed by atoms with Crippen molar-refractivity contribution < 1.29 is 9.47 Å². The number of fused-ring (bicyclic) bond motifs is 7. The van der Waals surface area contributed by atoms with Gasteiger partial charge in [0.15, 0.2) is 11.5 Å². The van der Waals surface area contributed by atoms with Gasteiger partial charge >= 0.3 is 0 Å². The summed E-state index contributed by atoms with van der Waals surface area (Å²) in [5.74, 6) is 2.44. The van der Waals surface area contributed by atoms with Crippen LogP contribution in [-0.2, 0) is 12.0 Å². The van der Waals surface area contributed by atoms with Gasteiger partial charge in [-0.3, -0.25) is 9.98 Å². The second-order valence-electron chi connectivity index (χ2n) is 8.00. The summed E-state index contributed by atoms with van der Waals surface area (Å²) in [5.41, 5.74) is 8.20. The van der Waals surface area contributed by atoms with Crippen molar-refractivity contribution in [2.75, 3.05) is 11.8 Å². The van der Waals surface area contributed by atoms with E-state index in [-0.39, 0.29) is 6.79 Å². The summed E-state index contributed by atoms with van der Waals surface area (Å²) in [6.45, 7) is 0.848. The van der Waals surface area contributed by atoms with Crippen LogP contribution in [0.15, 0.2) is 71.0 Å². The van der Waals surface area contributed by atoms with Gasteiger partial charge in [0.25, 0.3) is 0 Å². The maximum atomic E-state index is 5.74. The highest BCUT2D eigenvalue weighted by Crippen LogP contribution is 2.54. The van der Waals surface area contributed by atoms with Gasteiger partial charge in [-0.1, -0.05) is 24.3 Å². The quantitative estimate of drug-likeness (QED) is 0.699. The van der Waals surface area contributed by atoms with E-state index in [0.29, 0.717) is 13.0 Å². The molecule has 1 aromatic heterocycles. The number of pyridine rings is 1. The van der Waals surface area contributed by atoms with Gasteiger partial charge in [-0.2, -0.15) is 0 Å². The number of aliphatic imine (C=N–C) groups is 1. The van der Waals surface area contributed by atoms with E-state index in [9.17, 15) is 0 Å². The van der Waals surface area contributed by atoms with E-state index in [2.05, 4.69) is 57.2 Å². The first kappa shape index (κ1) is 16.8. The van der Waals surface area contributed by atoms with Crippen LogP contribution in [0, 0.1) is 0 Å². The van der Waals surface area contributed by atoms with Gasteiger partial charge in [-0.15, -0.1) is 10.2 Å². The summed E-state index contributed by atoms with van der Waals surface area (Å²) in [4.78, 5) is 9.00. The number of rotatable bonds is 2. The van der Waals surface area contributed by atoms with Crippen molar-refractivity contribution in [3.63, 3.8) is 0 Å². The molecule has 1 atom stereocenters. The van der Waals surface area contributed by atoms with E-state index in [4.69, 9.17) is 14.5 Å². The molecule has 7 rings (SSSR count). The van der Waals surface area contributed by atoms with Crippen LogP contribution in [-0.4, -0.2) is 28.9 Å². The minimum absolute atomic E-state index is 0.231. The predicted octanol–water partition coefficient (Wildman–Crippen LogP) is 3.27. The summed E-state index contributed by atoms with van der Waals surface area (Å²) in [6.07, 6.45) is 6.39. The molecule has 31 heavy (non-hydrogen) atoms. The third kappa shape index (κ3) is 2.30. The van der Waals surface area contributed by atoms with Crippen molar-refractivity contribution in [2.45, 2.75) is 18.4 Å². The van der Waals surface area contributed by atoms with Gasteiger partial charge < -0.3 is 9.47 Å². The van der Waals surface area contributed by atoms with Gasteiger partial charge in [-0.05, 0) is 34.9 Å². The Hall–Kier alpha value is -3.91. The average Bonchev–Trinajstić information content (AvgIpc) is 3.52. The third-order valence-corrected chi connectivity index (χ3v) is 6.28. The predicted molar refractivity (Wildman–Crippen MR) is 115 cm³/mol. The molecule has 4 aliphatic heterocycles. The molecule has 8 heteroatoms. The second-order valence-corrected chi connectivity index (χ2v) is 8.00. The average molecular weight is 410 g/mol. The Balaban J connectivity index is 1.40. The van der Waals surface area contributed by atoms with E-state index in [1.165, 1.54) is 5.56 Å². The second kappa shape index (κ2) is 6.05. The van der Waals surface area contributed by atoms with Gasteiger partial charge in [0.1, 0.15) is 5.84 Å². The monoisotopic (exact) mass is 410 g/mol. The van der Waals surface area contributed by atoms with Crippen LogP contribution in [0.25, 0.3) is 0 Å². The molecule has 3 aromatic rings. The standard InChI is InChI=1S/C23H18N6O2/c1-2-6-18-16(5-1)23(13-25-18)10-22-26-27-28(12-15-4-3-7-24-11-15)29(22)19-9-21-20(8-17(19)23)30-14-31-21/h1-9,11,13,27H,10,12,14H2. The molecule has 0 aliphatic carbocycles. The maximum absolute atomic E-state index is 5.74. The molecule has 1 N–H and O–H groups in total. The Morgan fingerprint density at radius 2 is 1.94 bits per heavy atom. The van der Waals surface area contributed by atoms with Crippen LogP contribution < -0.4 is 20.0 Å². The Morgan fingerprint density at radius 3 is 2.84 bits per heavy atom. The number of hydrazine groups is 2. The minimum Gasteiger partial charge on any atom is -0.454 e. The molecule has 0 saturated carbocycles. The lowest BCUT2D eigenvalue weighted by Crippen LogP contribution is -2.51. The molecule has 0 bridgehead atoms. The number of hydrogen-bond donors (Lipinski definition) is 1. The summed E-state index contributed by atoms with van der Waals surface area (Å²) >= 11 is 0. The van der Waals surface area contributed by atoms with Crippen LogP contribution in [0.2, 0.25) is 0 Å². The van der Waals surface area contributed by atoms with Crippen molar-refractivity contribution >= 4 is 23.4 Å². The van der Waals surface area contributed by atoms with Crippen LogP contribution in [0.5, 0.6) is 11.5 Å². The van der Waals surface area contributed by atoms with Crippen LogP contribution >= 0.6 is 0 Å². The topological polar surface area (TPSA) is 74.6 Å². The van der Waals surface area contributed by atoms with Crippen molar-refractivity contribution in [3.05, 3.63) is 77.6 Å². The molecular weight excluding hydrogens is 392 g/mol. The molecule has 0 amide bonds. The van der Waals surface area contributed by atoms with Crippen molar-refractivity contribution in [1.82, 2.24) is 15.6 Å². The first-order valence-electron chi connectivity index (χ1n) is 10.2. The van der Waals surface area contributed by atoms with Gasteiger partial charge in [0, 0.05) is 31.1 Å². The van der Waals surface area contributed by atoms with Gasteiger partial charge in [-0.25, -0.2) is 10.5 Å². The fourth-order valence-corrected chi connectivity index (χ4v) is 4.88. The zero-order chi connectivity index (χ0) is 20.4. The molecule has 1 unspecified atom stereocenters. The lowest BCUT2D eigenvalue weighted by molar-refractivity contribution is 0.174. The van der Waals surface area contributed by atoms with Crippen LogP contribution in [0.1, 0.15) is 23.1 Å². The number of anilines is 1. The van der Waals surface area contributed by atoms with Crippen LogP contribution in [0.4, 0.5) is 11.4 Å². The smallest absolute Gasteiger partial charge is 0.231 e. The summed E-state index contributed by atoms with van der Waals surface area (Å²) in [6, 6.07) is 16.4. The highest BCUT2D eigenvalue weighted by atomic mass is 16.7.